The van der Waals surface area contributed by atoms with Crippen LogP contribution in [0.3, 0.4) is 0 Å². The Morgan fingerprint density at radius 2 is 2.00 bits per heavy atom. The number of nitrogens with one attached hydrogen (secondary N) is 1. The van der Waals surface area contributed by atoms with Crippen LogP contribution in [0.2, 0.25) is 0 Å². The maximum absolute atomic E-state index is 11.6. The van der Waals surface area contributed by atoms with E-state index in [1.807, 2.05) is 36.4 Å². The Balaban J connectivity index is 1.65. The second-order valence-corrected chi connectivity index (χ2v) is 4.49. The first-order valence-corrected chi connectivity index (χ1v) is 6.66. The normalized spacial score (nSPS) is 16.6. The van der Waals surface area contributed by atoms with Crippen molar-refractivity contribution in [1.29, 1.82) is 0 Å². The van der Waals surface area contributed by atoms with Crippen molar-refractivity contribution in [2.45, 2.75) is 0 Å². The first-order chi connectivity index (χ1) is 9.34. The number of hydrogen-bond acceptors (Lipinski definition) is 3. The summed E-state index contributed by atoms with van der Waals surface area (Å²) in [6.07, 6.45) is 3.40. The summed E-state index contributed by atoms with van der Waals surface area (Å²) < 4.78 is 5.27. The summed E-state index contributed by atoms with van der Waals surface area (Å²) in [5.41, 5.74) is 1.03. The fourth-order valence-corrected chi connectivity index (χ4v) is 1.96. The number of carbonyl (C=O) groups excluding carboxylic acids is 1. The standard InChI is InChI=1S/C15H20N2O2/c18-15(7-6-14-4-2-1-3-5-14)16-8-9-17-10-12-19-13-11-17/h1-7H,8-13H2,(H,16,18)/b7-6+. The number of hydrogen-bond donors (Lipinski definition) is 1. The second kappa shape index (κ2) is 7.71. The van der Waals surface area contributed by atoms with Gasteiger partial charge in [0.05, 0.1) is 13.2 Å². The van der Waals surface area contributed by atoms with Crippen LogP contribution in [0.5, 0.6) is 0 Å². The predicted molar refractivity (Wildman–Crippen MR) is 75.7 cm³/mol. The van der Waals surface area contributed by atoms with Crippen LogP contribution in [0.4, 0.5) is 0 Å². The van der Waals surface area contributed by atoms with Gasteiger partial charge in [-0.25, -0.2) is 0 Å². The Morgan fingerprint density at radius 3 is 2.74 bits per heavy atom. The minimum absolute atomic E-state index is 0.0443. The molecule has 2 rings (SSSR count). The molecule has 0 saturated carbocycles. The van der Waals surface area contributed by atoms with Gasteiger partial charge in [0.15, 0.2) is 0 Å². The van der Waals surface area contributed by atoms with E-state index in [4.69, 9.17) is 4.74 Å². The molecule has 0 unspecified atom stereocenters. The summed E-state index contributed by atoms with van der Waals surface area (Å²) in [7, 11) is 0. The van der Waals surface area contributed by atoms with Crippen molar-refractivity contribution in [3.63, 3.8) is 0 Å². The fourth-order valence-electron chi connectivity index (χ4n) is 1.96. The molecular formula is C15H20N2O2. The highest BCUT2D eigenvalue weighted by Gasteiger charge is 2.09. The van der Waals surface area contributed by atoms with Crippen LogP contribution in [-0.2, 0) is 9.53 Å². The van der Waals surface area contributed by atoms with E-state index in [0.717, 1.165) is 38.4 Å². The molecule has 0 radical (unpaired) electrons. The third kappa shape index (κ3) is 5.24. The van der Waals surface area contributed by atoms with Crippen molar-refractivity contribution in [3.05, 3.63) is 42.0 Å². The number of benzene rings is 1. The zero-order valence-electron chi connectivity index (χ0n) is 11.0. The lowest BCUT2D eigenvalue weighted by atomic mass is 10.2. The molecule has 1 aliphatic rings. The van der Waals surface area contributed by atoms with E-state index in [9.17, 15) is 4.79 Å². The van der Waals surface area contributed by atoms with Gasteiger partial charge in [0.1, 0.15) is 0 Å². The number of morpholine rings is 1. The van der Waals surface area contributed by atoms with Gasteiger partial charge in [0.25, 0.3) is 0 Å². The smallest absolute Gasteiger partial charge is 0.244 e. The minimum Gasteiger partial charge on any atom is -0.379 e. The zero-order valence-corrected chi connectivity index (χ0v) is 11.0. The summed E-state index contributed by atoms with van der Waals surface area (Å²) >= 11 is 0. The highest BCUT2D eigenvalue weighted by molar-refractivity contribution is 5.91. The van der Waals surface area contributed by atoms with Gasteiger partial charge in [0.2, 0.25) is 5.91 Å². The molecule has 1 heterocycles. The Kier molecular flexibility index (Phi) is 5.59. The van der Waals surface area contributed by atoms with Gasteiger partial charge < -0.3 is 10.1 Å². The molecule has 4 nitrogen and oxygen atoms in total. The van der Waals surface area contributed by atoms with Crippen molar-refractivity contribution in [2.75, 3.05) is 39.4 Å². The number of carbonyl (C=O) groups is 1. The summed E-state index contributed by atoms with van der Waals surface area (Å²) in [4.78, 5) is 13.9. The van der Waals surface area contributed by atoms with Crippen molar-refractivity contribution in [1.82, 2.24) is 10.2 Å². The van der Waals surface area contributed by atoms with Gasteiger partial charge in [-0.15, -0.1) is 0 Å². The maximum Gasteiger partial charge on any atom is 0.244 e. The van der Waals surface area contributed by atoms with Crippen LogP contribution in [0, 0.1) is 0 Å². The Morgan fingerprint density at radius 1 is 1.26 bits per heavy atom. The maximum atomic E-state index is 11.6. The molecule has 1 saturated heterocycles. The second-order valence-electron chi connectivity index (χ2n) is 4.49. The van der Waals surface area contributed by atoms with Crippen LogP contribution in [-0.4, -0.2) is 50.2 Å². The van der Waals surface area contributed by atoms with Crippen LogP contribution in [0.15, 0.2) is 36.4 Å². The van der Waals surface area contributed by atoms with E-state index >= 15 is 0 Å². The summed E-state index contributed by atoms with van der Waals surface area (Å²) in [5.74, 6) is -0.0443. The first kappa shape index (κ1) is 13.8. The Labute approximate surface area is 114 Å². The molecule has 1 aromatic rings. The summed E-state index contributed by atoms with van der Waals surface area (Å²) in [6.45, 7) is 5.06. The van der Waals surface area contributed by atoms with E-state index in [2.05, 4.69) is 10.2 Å². The molecule has 0 aliphatic carbocycles. The molecular weight excluding hydrogens is 240 g/mol. The van der Waals surface area contributed by atoms with Gasteiger partial charge in [-0.3, -0.25) is 9.69 Å². The van der Waals surface area contributed by atoms with Gasteiger partial charge in [-0.05, 0) is 11.6 Å². The van der Waals surface area contributed by atoms with Crippen LogP contribution >= 0.6 is 0 Å². The van der Waals surface area contributed by atoms with Crippen molar-refractivity contribution < 1.29 is 9.53 Å². The van der Waals surface area contributed by atoms with Gasteiger partial charge >= 0.3 is 0 Å². The molecule has 4 heteroatoms. The lowest BCUT2D eigenvalue weighted by Gasteiger charge is -2.26. The third-order valence-electron chi connectivity index (χ3n) is 3.06. The quantitative estimate of drug-likeness (QED) is 0.807. The molecule has 0 bridgehead atoms. The first-order valence-electron chi connectivity index (χ1n) is 6.66. The highest BCUT2D eigenvalue weighted by Crippen LogP contribution is 2.00. The number of ether oxygens (including phenoxy) is 1. The van der Waals surface area contributed by atoms with E-state index < -0.39 is 0 Å². The fraction of sp³-hybridized carbons (Fsp3) is 0.400. The van der Waals surface area contributed by atoms with E-state index in [1.165, 1.54) is 0 Å². The van der Waals surface area contributed by atoms with Crippen molar-refractivity contribution >= 4 is 12.0 Å². The SMILES string of the molecule is O=C(/C=C/c1ccccc1)NCCN1CCOCC1. The molecule has 1 fully saturated rings. The number of rotatable bonds is 5. The molecule has 1 amide bonds. The van der Waals surface area contributed by atoms with Crippen LogP contribution < -0.4 is 5.32 Å². The van der Waals surface area contributed by atoms with Crippen molar-refractivity contribution in [3.8, 4) is 0 Å². The molecule has 1 aromatic carbocycles. The molecule has 0 aromatic heterocycles. The third-order valence-corrected chi connectivity index (χ3v) is 3.06. The molecule has 1 aliphatic heterocycles. The molecule has 1 N–H and O–H groups in total. The topological polar surface area (TPSA) is 41.6 Å². The van der Waals surface area contributed by atoms with Crippen LogP contribution in [0.25, 0.3) is 6.08 Å². The largest absolute Gasteiger partial charge is 0.379 e. The van der Waals surface area contributed by atoms with Crippen molar-refractivity contribution in [2.24, 2.45) is 0 Å². The average molecular weight is 260 g/mol. The average Bonchev–Trinajstić information content (AvgIpc) is 2.47. The number of nitrogens with zero attached hydrogens (tertiary/aromatic N) is 1. The zero-order chi connectivity index (χ0) is 13.3. The Bertz CT molecular complexity index is 411. The lowest BCUT2D eigenvalue weighted by Crippen LogP contribution is -2.41. The number of amides is 1. The van der Waals surface area contributed by atoms with E-state index in [0.29, 0.717) is 6.54 Å². The lowest BCUT2D eigenvalue weighted by molar-refractivity contribution is -0.116. The monoisotopic (exact) mass is 260 g/mol. The minimum atomic E-state index is -0.0443. The summed E-state index contributed by atoms with van der Waals surface area (Å²) in [6, 6.07) is 9.81. The molecule has 102 valence electrons. The van der Waals surface area contributed by atoms with E-state index in [1.54, 1.807) is 6.08 Å². The summed E-state index contributed by atoms with van der Waals surface area (Å²) in [5, 5.41) is 2.89. The Hall–Kier alpha value is -1.65. The molecule has 0 atom stereocenters. The van der Waals surface area contributed by atoms with Crippen LogP contribution in [0.1, 0.15) is 5.56 Å². The highest BCUT2D eigenvalue weighted by atomic mass is 16.5. The van der Waals surface area contributed by atoms with Gasteiger partial charge in [-0.1, -0.05) is 30.3 Å². The van der Waals surface area contributed by atoms with Gasteiger partial charge in [0, 0.05) is 32.3 Å². The predicted octanol–water partition coefficient (Wildman–Crippen LogP) is 1.15. The molecule has 19 heavy (non-hydrogen) atoms. The molecule has 0 spiro atoms. The van der Waals surface area contributed by atoms with Gasteiger partial charge in [-0.2, -0.15) is 0 Å². The van der Waals surface area contributed by atoms with E-state index in [-0.39, 0.29) is 5.91 Å².